The highest BCUT2D eigenvalue weighted by Gasteiger charge is 2.17. The van der Waals surface area contributed by atoms with E-state index in [2.05, 4.69) is 9.80 Å². The van der Waals surface area contributed by atoms with Crippen LogP contribution in [0.4, 0.5) is 0 Å². The van der Waals surface area contributed by atoms with Crippen molar-refractivity contribution >= 4 is 0 Å². The third-order valence-corrected chi connectivity index (χ3v) is 5.29. The minimum Gasteiger partial charge on any atom is -0.493 e. The van der Waals surface area contributed by atoms with Gasteiger partial charge in [-0.15, -0.1) is 0 Å². The monoisotopic (exact) mass is 434 g/mol. The lowest BCUT2D eigenvalue weighted by Gasteiger charge is -2.31. The highest BCUT2D eigenvalue weighted by molar-refractivity contribution is 5.42. The van der Waals surface area contributed by atoms with E-state index < -0.39 is 6.10 Å². The number of morpholine rings is 1. The van der Waals surface area contributed by atoms with E-state index in [4.69, 9.17) is 23.4 Å². The fourth-order valence-electron chi connectivity index (χ4n) is 3.62. The number of nitrogens with zero attached hydrogens (tertiary/aromatic N) is 2. The van der Waals surface area contributed by atoms with E-state index in [0.29, 0.717) is 31.2 Å². The molecule has 1 aromatic heterocycles. The fourth-order valence-corrected chi connectivity index (χ4v) is 3.62. The molecule has 1 fully saturated rings. The topological polar surface area (TPSA) is 76.8 Å². The van der Waals surface area contributed by atoms with Crippen LogP contribution in [-0.2, 0) is 22.6 Å². The van der Waals surface area contributed by atoms with Crippen molar-refractivity contribution in [2.75, 3.05) is 66.8 Å². The molecule has 1 N–H and O–H groups in total. The van der Waals surface area contributed by atoms with Gasteiger partial charge in [0.05, 0.1) is 46.4 Å². The molecular weight excluding hydrogens is 400 g/mol. The molecule has 0 radical (unpaired) electrons. The molecule has 31 heavy (non-hydrogen) atoms. The molecule has 172 valence electrons. The fraction of sp³-hybridized carbons (Fsp3) is 0.565. The second-order valence-corrected chi connectivity index (χ2v) is 7.63. The Kier molecular flexibility index (Phi) is 9.64. The molecule has 1 saturated heterocycles. The molecule has 0 aliphatic carbocycles. The first kappa shape index (κ1) is 23.6. The van der Waals surface area contributed by atoms with Crippen LogP contribution < -0.4 is 9.47 Å². The molecule has 2 heterocycles. The van der Waals surface area contributed by atoms with Crippen LogP contribution in [-0.4, -0.2) is 87.8 Å². The van der Waals surface area contributed by atoms with Crippen molar-refractivity contribution in [3.05, 3.63) is 47.9 Å². The normalized spacial score (nSPS) is 15.9. The molecule has 8 heteroatoms. The second kappa shape index (κ2) is 12.7. The van der Waals surface area contributed by atoms with Gasteiger partial charge in [0.2, 0.25) is 0 Å². The van der Waals surface area contributed by atoms with E-state index >= 15 is 0 Å². The lowest BCUT2D eigenvalue weighted by atomic mass is 10.1. The Morgan fingerprint density at radius 2 is 1.94 bits per heavy atom. The molecule has 1 atom stereocenters. The standard InChI is InChI=1S/C23H34N2O6/c1-27-22-6-5-19(14-23(22)28-2)15-25(8-7-24-9-12-29-13-10-24)16-20(26)17-30-18-21-4-3-11-31-21/h3-6,11,14,20,26H,7-10,12-13,15-18H2,1-2H3/t20-/m0/s1. The van der Waals surface area contributed by atoms with Gasteiger partial charge in [0, 0.05) is 39.3 Å². The number of ether oxygens (including phenoxy) is 4. The van der Waals surface area contributed by atoms with Crippen LogP contribution in [0.2, 0.25) is 0 Å². The average Bonchev–Trinajstić information content (AvgIpc) is 3.31. The van der Waals surface area contributed by atoms with Crippen molar-refractivity contribution in [2.45, 2.75) is 19.3 Å². The second-order valence-electron chi connectivity index (χ2n) is 7.63. The van der Waals surface area contributed by atoms with E-state index in [1.54, 1.807) is 20.5 Å². The summed E-state index contributed by atoms with van der Waals surface area (Å²) in [5, 5.41) is 10.6. The molecule has 8 nitrogen and oxygen atoms in total. The Bertz CT molecular complexity index is 749. The molecule has 0 bridgehead atoms. The third kappa shape index (κ3) is 7.83. The Morgan fingerprint density at radius 1 is 1.13 bits per heavy atom. The van der Waals surface area contributed by atoms with E-state index in [1.165, 1.54) is 0 Å². The predicted octanol–water partition coefficient (Wildman–Crippen LogP) is 2.01. The van der Waals surface area contributed by atoms with Crippen molar-refractivity contribution in [3.63, 3.8) is 0 Å². The summed E-state index contributed by atoms with van der Waals surface area (Å²) in [7, 11) is 3.27. The van der Waals surface area contributed by atoms with Gasteiger partial charge in [-0.05, 0) is 29.8 Å². The third-order valence-electron chi connectivity index (χ3n) is 5.29. The maximum Gasteiger partial charge on any atom is 0.161 e. The minimum absolute atomic E-state index is 0.251. The number of hydrogen-bond acceptors (Lipinski definition) is 8. The first-order chi connectivity index (χ1) is 15.2. The number of aliphatic hydroxyl groups excluding tert-OH is 1. The molecule has 0 spiro atoms. The van der Waals surface area contributed by atoms with Crippen LogP contribution in [0.1, 0.15) is 11.3 Å². The SMILES string of the molecule is COc1ccc(CN(CCN2CCOCC2)C[C@H](O)COCc2ccco2)cc1OC. The zero-order valence-electron chi connectivity index (χ0n) is 18.5. The average molecular weight is 435 g/mol. The van der Waals surface area contributed by atoms with Crippen LogP contribution in [0.3, 0.4) is 0 Å². The van der Waals surface area contributed by atoms with E-state index in [-0.39, 0.29) is 6.61 Å². The van der Waals surface area contributed by atoms with Crippen molar-refractivity contribution in [3.8, 4) is 11.5 Å². The highest BCUT2D eigenvalue weighted by Crippen LogP contribution is 2.28. The molecular formula is C23H34N2O6. The highest BCUT2D eigenvalue weighted by atomic mass is 16.5. The van der Waals surface area contributed by atoms with Gasteiger partial charge in [-0.1, -0.05) is 6.07 Å². The van der Waals surface area contributed by atoms with Crippen LogP contribution in [0, 0.1) is 0 Å². The van der Waals surface area contributed by atoms with Crippen molar-refractivity contribution in [1.82, 2.24) is 9.80 Å². The number of aliphatic hydroxyl groups is 1. The van der Waals surface area contributed by atoms with Gasteiger partial charge in [0.1, 0.15) is 12.4 Å². The number of benzene rings is 1. The molecule has 0 saturated carbocycles. The van der Waals surface area contributed by atoms with E-state index in [1.807, 2.05) is 30.3 Å². The smallest absolute Gasteiger partial charge is 0.161 e. The summed E-state index contributed by atoms with van der Waals surface area (Å²) in [6, 6.07) is 9.62. The van der Waals surface area contributed by atoms with E-state index in [0.717, 1.165) is 50.7 Å². The Labute approximate surface area is 184 Å². The number of furan rings is 1. The number of rotatable bonds is 13. The van der Waals surface area contributed by atoms with Gasteiger partial charge in [0.15, 0.2) is 11.5 Å². The van der Waals surface area contributed by atoms with Crippen molar-refractivity contribution in [2.24, 2.45) is 0 Å². The summed E-state index contributed by atoms with van der Waals surface area (Å²) in [6.45, 7) is 7.01. The van der Waals surface area contributed by atoms with Gasteiger partial charge >= 0.3 is 0 Å². The summed E-state index contributed by atoms with van der Waals surface area (Å²) >= 11 is 0. The summed E-state index contributed by atoms with van der Waals surface area (Å²) in [4.78, 5) is 4.64. The van der Waals surface area contributed by atoms with Crippen molar-refractivity contribution in [1.29, 1.82) is 0 Å². The summed E-state index contributed by atoms with van der Waals surface area (Å²) in [5.74, 6) is 2.16. The first-order valence-electron chi connectivity index (χ1n) is 10.7. The predicted molar refractivity (Wildman–Crippen MR) is 116 cm³/mol. The van der Waals surface area contributed by atoms with Gasteiger partial charge in [-0.3, -0.25) is 9.80 Å². The van der Waals surface area contributed by atoms with Gasteiger partial charge in [-0.2, -0.15) is 0 Å². The first-order valence-corrected chi connectivity index (χ1v) is 10.7. The van der Waals surface area contributed by atoms with Crippen LogP contribution in [0.5, 0.6) is 11.5 Å². The Morgan fingerprint density at radius 3 is 2.65 bits per heavy atom. The zero-order valence-corrected chi connectivity index (χ0v) is 18.5. The van der Waals surface area contributed by atoms with Crippen LogP contribution >= 0.6 is 0 Å². The summed E-state index contributed by atoms with van der Waals surface area (Å²) < 4.78 is 27.1. The number of hydrogen-bond donors (Lipinski definition) is 1. The van der Waals surface area contributed by atoms with Crippen LogP contribution in [0.25, 0.3) is 0 Å². The number of methoxy groups -OCH3 is 2. The Balaban J connectivity index is 1.56. The quantitative estimate of drug-likeness (QED) is 0.513. The van der Waals surface area contributed by atoms with E-state index in [9.17, 15) is 5.11 Å². The lowest BCUT2D eigenvalue weighted by molar-refractivity contribution is -0.00153. The van der Waals surface area contributed by atoms with Gasteiger partial charge in [0.25, 0.3) is 0 Å². The maximum atomic E-state index is 10.6. The zero-order chi connectivity index (χ0) is 21.9. The molecule has 3 rings (SSSR count). The minimum atomic E-state index is -0.597. The van der Waals surface area contributed by atoms with Gasteiger partial charge in [-0.25, -0.2) is 0 Å². The lowest BCUT2D eigenvalue weighted by Crippen LogP contribution is -2.43. The summed E-state index contributed by atoms with van der Waals surface area (Å²) in [5.41, 5.74) is 1.10. The van der Waals surface area contributed by atoms with Gasteiger partial charge < -0.3 is 28.5 Å². The summed E-state index contributed by atoms with van der Waals surface area (Å²) in [6.07, 6.45) is 1.02. The maximum absolute atomic E-state index is 10.6. The van der Waals surface area contributed by atoms with Crippen molar-refractivity contribution < 1.29 is 28.5 Å². The largest absolute Gasteiger partial charge is 0.493 e. The molecule has 2 aromatic rings. The van der Waals surface area contributed by atoms with Crippen LogP contribution in [0.15, 0.2) is 41.0 Å². The molecule has 1 aliphatic heterocycles. The molecule has 1 aliphatic rings. The molecule has 0 unspecified atom stereocenters. The Hall–Kier alpha value is -2.10. The molecule has 0 amide bonds. The molecule has 1 aromatic carbocycles.